The molecule has 0 saturated heterocycles. The maximum Gasteiger partial charge on any atom is 0.320 e. The van der Waals surface area contributed by atoms with Crippen molar-refractivity contribution in [1.29, 1.82) is 5.26 Å². The molecule has 64 valence electrons. The summed E-state index contributed by atoms with van der Waals surface area (Å²) in [6.45, 7) is 7.26. The molecule has 0 unspecified atom stereocenters. The van der Waals surface area contributed by atoms with Gasteiger partial charge >= 0.3 is 5.97 Å². The Kier molecular flexibility index (Phi) is 8.04. The summed E-state index contributed by atoms with van der Waals surface area (Å²) in [7, 11) is 0. The van der Waals surface area contributed by atoms with Crippen molar-refractivity contribution in [3.63, 3.8) is 0 Å². The molecule has 0 saturated carbocycles. The predicted octanol–water partition coefficient (Wildman–Crippen LogP) is 0.584. The molecular formula is C7H14N2O2. The van der Waals surface area contributed by atoms with Gasteiger partial charge in [0.2, 0.25) is 0 Å². The standard InChI is InChI=1S/C6H13NO2.CHN/c1-3-4(2)5(7)6(8)9;1-2/h4-5H,3,7H2,1-2H3,(H,8,9);1H/t4-,5-;/m0./s1. The van der Waals surface area contributed by atoms with E-state index in [2.05, 4.69) is 6.57 Å². The van der Waals surface area contributed by atoms with Crippen LogP contribution < -0.4 is 5.73 Å². The number of nitrogens with two attached hydrogens (primary N) is 1. The van der Waals surface area contributed by atoms with E-state index in [-0.39, 0.29) is 5.92 Å². The third-order valence-corrected chi connectivity index (χ3v) is 1.54. The van der Waals surface area contributed by atoms with Gasteiger partial charge in [0.15, 0.2) is 0 Å². The minimum atomic E-state index is -0.913. The zero-order valence-corrected chi connectivity index (χ0v) is 6.82. The Hall–Kier alpha value is -1.08. The monoisotopic (exact) mass is 158 g/mol. The van der Waals surface area contributed by atoms with E-state index in [0.717, 1.165) is 6.42 Å². The quantitative estimate of drug-likeness (QED) is 0.629. The zero-order chi connectivity index (χ0) is 9.44. The van der Waals surface area contributed by atoms with Crippen LogP contribution in [0.5, 0.6) is 0 Å². The first kappa shape index (κ1) is 12.6. The smallest absolute Gasteiger partial charge is 0.320 e. The van der Waals surface area contributed by atoms with Gasteiger partial charge in [-0.15, -0.1) is 0 Å². The molecule has 0 fully saturated rings. The first-order valence-electron chi connectivity index (χ1n) is 3.33. The van der Waals surface area contributed by atoms with E-state index in [9.17, 15) is 4.79 Å². The number of hydrogen-bond acceptors (Lipinski definition) is 3. The molecule has 4 heteroatoms. The molecule has 0 aliphatic rings. The van der Waals surface area contributed by atoms with E-state index in [1.165, 1.54) is 0 Å². The third-order valence-electron chi connectivity index (χ3n) is 1.54. The number of carboxylic acid groups (broad SMARTS) is 1. The Morgan fingerprint density at radius 3 is 2.18 bits per heavy atom. The average Bonchev–Trinajstić information content (AvgIpc) is 2.05. The maximum atomic E-state index is 10.2. The van der Waals surface area contributed by atoms with Crippen molar-refractivity contribution < 1.29 is 9.90 Å². The van der Waals surface area contributed by atoms with Gasteiger partial charge in [-0.2, -0.15) is 0 Å². The Bertz CT molecular complexity index is 134. The van der Waals surface area contributed by atoms with Crippen LogP contribution in [0.1, 0.15) is 20.3 Å². The van der Waals surface area contributed by atoms with Gasteiger partial charge in [0.25, 0.3) is 0 Å². The molecule has 0 radical (unpaired) electrons. The Morgan fingerprint density at radius 2 is 2.09 bits per heavy atom. The number of rotatable bonds is 3. The Balaban J connectivity index is 0. The van der Waals surface area contributed by atoms with Crippen molar-refractivity contribution in [3.05, 3.63) is 0 Å². The van der Waals surface area contributed by atoms with Crippen molar-refractivity contribution in [2.45, 2.75) is 26.3 Å². The molecule has 0 bridgehead atoms. The number of nitrogens with zero attached hydrogens (tertiary/aromatic N) is 1. The molecule has 0 spiro atoms. The highest BCUT2D eigenvalue weighted by atomic mass is 16.4. The number of carboxylic acids is 1. The van der Waals surface area contributed by atoms with E-state index in [4.69, 9.17) is 16.1 Å². The molecule has 4 nitrogen and oxygen atoms in total. The van der Waals surface area contributed by atoms with Crippen LogP contribution in [0.2, 0.25) is 0 Å². The molecule has 0 rings (SSSR count). The first-order valence-corrected chi connectivity index (χ1v) is 3.33. The lowest BCUT2D eigenvalue weighted by Gasteiger charge is -2.11. The third kappa shape index (κ3) is 5.37. The van der Waals surface area contributed by atoms with Crippen molar-refractivity contribution in [2.75, 3.05) is 0 Å². The highest BCUT2D eigenvalue weighted by molar-refractivity contribution is 5.73. The normalized spacial score (nSPS) is 13.9. The van der Waals surface area contributed by atoms with Crippen molar-refractivity contribution in [2.24, 2.45) is 11.7 Å². The highest BCUT2D eigenvalue weighted by Crippen LogP contribution is 2.04. The van der Waals surface area contributed by atoms with Crippen LogP contribution in [0.3, 0.4) is 0 Å². The molecule has 2 atom stereocenters. The van der Waals surface area contributed by atoms with E-state index in [1.54, 1.807) is 0 Å². The molecule has 11 heavy (non-hydrogen) atoms. The van der Waals surface area contributed by atoms with Crippen LogP contribution in [0.4, 0.5) is 0 Å². The summed E-state index contributed by atoms with van der Waals surface area (Å²) in [5.41, 5.74) is 5.27. The van der Waals surface area contributed by atoms with Crippen LogP contribution in [-0.2, 0) is 4.79 Å². The predicted molar refractivity (Wildman–Crippen MR) is 41.7 cm³/mol. The summed E-state index contributed by atoms with van der Waals surface area (Å²) in [5, 5.41) is 14.9. The lowest BCUT2D eigenvalue weighted by atomic mass is 10.0. The van der Waals surface area contributed by atoms with Crippen LogP contribution in [0, 0.1) is 17.8 Å². The maximum absolute atomic E-state index is 10.2. The molecule has 3 N–H and O–H groups in total. The lowest BCUT2D eigenvalue weighted by Crippen LogP contribution is -2.36. The van der Waals surface area contributed by atoms with Gasteiger partial charge in [-0.3, -0.25) is 4.79 Å². The van der Waals surface area contributed by atoms with E-state index >= 15 is 0 Å². The fraction of sp³-hybridized carbons (Fsp3) is 0.714. The van der Waals surface area contributed by atoms with E-state index < -0.39 is 12.0 Å². The summed E-state index contributed by atoms with van der Waals surface area (Å²) < 4.78 is 0. The first-order chi connectivity index (χ1) is 5.09. The van der Waals surface area contributed by atoms with Gasteiger partial charge in [-0.05, 0) is 5.92 Å². The van der Waals surface area contributed by atoms with Gasteiger partial charge in [-0.1, -0.05) is 20.3 Å². The van der Waals surface area contributed by atoms with Crippen LogP contribution in [0.25, 0.3) is 0 Å². The fourth-order valence-corrected chi connectivity index (χ4v) is 0.497. The molecular weight excluding hydrogens is 144 g/mol. The number of carbonyl (C=O) groups is 1. The van der Waals surface area contributed by atoms with Gasteiger partial charge in [-0.25, -0.2) is 5.26 Å². The summed E-state index contributed by atoms with van der Waals surface area (Å²) in [4.78, 5) is 10.2. The lowest BCUT2D eigenvalue weighted by molar-refractivity contribution is -0.139. The van der Waals surface area contributed by atoms with Crippen LogP contribution in [0.15, 0.2) is 0 Å². The van der Waals surface area contributed by atoms with Crippen LogP contribution >= 0.6 is 0 Å². The summed E-state index contributed by atoms with van der Waals surface area (Å²) in [6.07, 6.45) is 0.813. The van der Waals surface area contributed by atoms with Gasteiger partial charge in [0.05, 0.1) is 0 Å². The number of hydrogen-bond donors (Lipinski definition) is 2. The minimum absolute atomic E-state index is 0.0718. The average molecular weight is 158 g/mol. The highest BCUT2D eigenvalue weighted by Gasteiger charge is 2.17. The topological polar surface area (TPSA) is 87.1 Å². The molecule has 0 aliphatic carbocycles. The molecule has 0 aromatic heterocycles. The van der Waals surface area contributed by atoms with E-state index in [0.29, 0.717) is 0 Å². The molecule has 0 aliphatic heterocycles. The van der Waals surface area contributed by atoms with Gasteiger partial charge in [0, 0.05) is 6.57 Å². The Labute approximate surface area is 66.6 Å². The summed E-state index contributed by atoms with van der Waals surface area (Å²) >= 11 is 0. The number of aliphatic carboxylic acids is 1. The summed E-state index contributed by atoms with van der Waals surface area (Å²) in [5.74, 6) is -0.841. The van der Waals surface area contributed by atoms with Crippen molar-refractivity contribution in [3.8, 4) is 6.57 Å². The second kappa shape index (κ2) is 7.03. The zero-order valence-electron chi connectivity index (χ0n) is 6.82. The number of nitriles is 1. The van der Waals surface area contributed by atoms with Crippen molar-refractivity contribution in [1.82, 2.24) is 0 Å². The Morgan fingerprint density at radius 1 is 1.73 bits per heavy atom. The fourth-order valence-electron chi connectivity index (χ4n) is 0.497. The minimum Gasteiger partial charge on any atom is -0.480 e. The molecule has 0 aromatic rings. The van der Waals surface area contributed by atoms with Gasteiger partial charge < -0.3 is 10.8 Å². The van der Waals surface area contributed by atoms with Crippen molar-refractivity contribution >= 4 is 5.97 Å². The second-order valence-electron chi connectivity index (χ2n) is 2.25. The SMILES string of the molecule is C#N.CC[C@H](C)[C@H](N)C(=O)O. The van der Waals surface area contributed by atoms with Gasteiger partial charge in [0.1, 0.15) is 6.04 Å². The largest absolute Gasteiger partial charge is 0.480 e. The van der Waals surface area contributed by atoms with E-state index in [1.807, 2.05) is 13.8 Å². The molecule has 0 aromatic carbocycles. The molecule has 0 heterocycles. The summed E-state index contributed by atoms with van der Waals surface area (Å²) in [6, 6.07) is -0.699. The second-order valence-corrected chi connectivity index (χ2v) is 2.25. The van der Waals surface area contributed by atoms with Crippen LogP contribution in [-0.4, -0.2) is 17.1 Å². The molecule has 0 amide bonds.